The zero-order valence-corrected chi connectivity index (χ0v) is 18.9. The maximum absolute atomic E-state index is 13.3. The number of thioether (sulfide) groups is 1. The number of benzene rings is 2. The number of rotatable bonds is 9. The molecule has 2 aromatic carbocycles. The lowest BCUT2D eigenvalue weighted by molar-refractivity contribution is -0.132. The topological polar surface area (TPSA) is 32.8 Å². The van der Waals surface area contributed by atoms with Crippen molar-refractivity contribution in [3.8, 4) is 0 Å². The Labute approximate surface area is 183 Å². The molecule has 1 aliphatic rings. The number of carbonyl (C=O) groups excluding carboxylic acids is 1. The fourth-order valence-electron chi connectivity index (χ4n) is 3.77. The molecule has 0 N–H and O–H groups in total. The summed E-state index contributed by atoms with van der Waals surface area (Å²) in [5.74, 6) is 0.767. The molecule has 1 amide bonds. The molecule has 6 heteroatoms. The van der Waals surface area contributed by atoms with E-state index < -0.39 is 0 Å². The zero-order valence-electron chi connectivity index (χ0n) is 18.1. The molecule has 1 saturated heterocycles. The van der Waals surface area contributed by atoms with Gasteiger partial charge in [0.1, 0.15) is 11.2 Å². The van der Waals surface area contributed by atoms with Crippen molar-refractivity contribution in [3.63, 3.8) is 0 Å². The van der Waals surface area contributed by atoms with Gasteiger partial charge in [0.15, 0.2) is 0 Å². The number of aryl methyl sites for hydroxylation is 2. The molecule has 4 nitrogen and oxygen atoms in total. The Morgan fingerprint density at radius 2 is 2.00 bits per heavy atom. The molecule has 0 radical (unpaired) electrons. The van der Waals surface area contributed by atoms with Crippen LogP contribution in [0.5, 0.6) is 0 Å². The lowest BCUT2D eigenvalue weighted by Gasteiger charge is -2.29. The highest BCUT2D eigenvalue weighted by molar-refractivity contribution is 7.99. The van der Waals surface area contributed by atoms with Crippen LogP contribution in [0, 0.1) is 19.7 Å². The Kier molecular flexibility index (Phi) is 8.31. The van der Waals surface area contributed by atoms with E-state index in [9.17, 15) is 9.18 Å². The van der Waals surface area contributed by atoms with Gasteiger partial charge < -0.3 is 9.64 Å². The molecule has 0 spiro atoms. The smallest absolute Gasteiger partial charge is 0.237 e. The lowest BCUT2D eigenvalue weighted by Crippen LogP contribution is -2.40. The van der Waals surface area contributed by atoms with E-state index >= 15 is 0 Å². The van der Waals surface area contributed by atoms with Crippen molar-refractivity contribution in [3.05, 3.63) is 70.5 Å². The number of halogens is 1. The first kappa shape index (κ1) is 22.8. The standard InChI is InChI=1S/C24H31FN2O2S/c1-18-5-6-19(2)21(15-18)16-26(11-4-13-29-3)17-23(28)27-12-14-30-24(27)20-7-9-22(25)10-8-20/h5-10,15,24H,4,11-14,16-17H2,1-3H3/t24-/m0/s1. The predicted molar refractivity (Wildman–Crippen MR) is 121 cm³/mol. The fourth-order valence-corrected chi connectivity index (χ4v) is 5.05. The molecular weight excluding hydrogens is 399 g/mol. The molecule has 1 aliphatic heterocycles. The Morgan fingerprint density at radius 1 is 1.23 bits per heavy atom. The van der Waals surface area contributed by atoms with Gasteiger partial charge >= 0.3 is 0 Å². The van der Waals surface area contributed by atoms with E-state index in [0.29, 0.717) is 13.2 Å². The van der Waals surface area contributed by atoms with Crippen molar-refractivity contribution in [1.29, 1.82) is 0 Å². The summed E-state index contributed by atoms with van der Waals surface area (Å²) in [7, 11) is 1.70. The third kappa shape index (κ3) is 6.06. The van der Waals surface area contributed by atoms with E-state index in [1.807, 2.05) is 4.90 Å². The summed E-state index contributed by atoms with van der Waals surface area (Å²) in [6.45, 7) is 7.52. The number of ether oxygens (including phenoxy) is 1. The maximum Gasteiger partial charge on any atom is 0.237 e. The van der Waals surface area contributed by atoms with Gasteiger partial charge in [0.25, 0.3) is 0 Å². The highest BCUT2D eigenvalue weighted by atomic mass is 32.2. The van der Waals surface area contributed by atoms with E-state index in [2.05, 4.69) is 36.9 Å². The number of amides is 1. The average molecular weight is 431 g/mol. The summed E-state index contributed by atoms with van der Waals surface area (Å²) < 4.78 is 18.5. The van der Waals surface area contributed by atoms with Crippen LogP contribution < -0.4 is 0 Å². The monoisotopic (exact) mass is 430 g/mol. The average Bonchev–Trinajstić information content (AvgIpc) is 3.21. The summed E-state index contributed by atoms with van der Waals surface area (Å²) in [5.41, 5.74) is 4.70. The first-order valence-electron chi connectivity index (χ1n) is 10.4. The van der Waals surface area contributed by atoms with E-state index in [0.717, 1.165) is 37.4 Å². The maximum atomic E-state index is 13.3. The minimum atomic E-state index is -0.252. The fraction of sp³-hybridized carbons (Fsp3) is 0.458. The van der Waals surface area contributed by atoms with Gasteiger partial charge in [0, 0.05) is 39.1 Å². The number of hydrogen-bond donors (Lipinski definition) is 0. The summed E-state index contributed by atoms with van der Waals surface area (Å²) in [5, 5.41) is -0.0420. The van der Waals surface area contributed by atoms with Gasteiger partial charge in [-0.25, -0.2) is 4.39 Å². The van der Waals surface area contributed by atoms with Gasteiger partial charge in [-0.05, 0) is 49.1 Å². The number of methoxy groups -OCH3 is 1. The van der Waals surface area contributed by atoms with Crippen molar-refractivity contribution < 1.29 is 13.9 Å². The van der Waals surface area contributed by atoms with Crippen molar-refractivity contribution in [2.45, 2.75) is 32.2 Å². The van der Waals surface area contributed by atoms with E-state index in [-0.39, 0.29) is 17.1 Å². The molecule has 162 valence electrons. The molecule has 0 aliphatic carbocycles. The molecule has 0 unspecified atom stereocenters. The van der Waals surface area contributed by atoms with Crippen LogP contribution in [-0.2, 0) is 16.1 Å². The second-order valence-corrected chi connectivity index (χ2v) is 9.04. The van der Waals surface area contributed by atoms with Gasteiger partial charge in [0.2, 0.25) is 5.91 Å². The zero-order chi connectivity index (χ0) is 21.5. The van der Waals surface area contributed by atoms with Crippen molar-refractivity contribution in [2.24, 2.45) is 0 Å². The van der Waals surface area contributed by atoms with Crippen LogP contribution in [0.25, 0.3) is 0 Å². The molecule has 3 rings (SSSR count). The van der Waals surface area contributed by atoms with Crippen LogP contribution in [0.2, 0.25) is 0 Å². The minimum Gasteiger partial charge on any atom is -0.385 e. The summed E-state index contributed by atoms with van der Waals surface area (Å²) in [4.78, 5) is 17.4. The first-order chi connectivity index (χ1) is 14.5. The summed E-state index contributed by atoms with van der Waals surface area (Å²) in [6.07, 6.45) is 0.880. The van der Waals surface area contributed by atoms with Crippen LogP contribution >= 0.6 is 11.8 Å². The SMILES string of the molecule is COCCCN(CC(=O)N1CCS[C@H]1c1ccc(F)cc1)Cc1cc(C)ccc1C. The number of carbonyl (C=O) groups is 1. The lowest BCUT2D eigenvalue weighted by atomic mass is 10.1. The molecule has 30 heavy (non-hydrogen) atoms. The highest BCUT2D eigenvalue weighted by Crippen LogP contribution is 2.38. The van der Waals surface area contributed by atoms with E-state index in [1.54, 1.807) is 31.0 Å². The molecule has 1 atom stereocenters. The quantitative estimate of drug-likeness (QED) is 0.546. The van der Waals surface area contributed by atoms with E-state index in [4.69, 9.17) is 4.74 Å². The Hall–Kier alpha value is -1.89. The van der Waals surface area contributed by atoms with Crippen LogP contribution in [0.1, 0.15) is 34.0 Å². The molecule has 1 heterocycles. The van der Waals surface area contributed by atoms with Crippen LogP contribution in [0.4, 0.5) is 4.39 Å². The van der Waals surface area contributed by atoms with Crippen LogP contribution in [-0.4, -0.2) is 54.8 Å². The van der Waals surface area contributed by atoms with Crippen molar-refractivity contribution in [2.75, 3.05) is 39.1 Å². The van der Waals surface area contributed by atoms with Crippen molar-refractivity contribution in [1.82, 2.24) is 9.80 Å². The third-order valence-corrected chi connectivity index (χ3v) is 6.71. The molecule has 0 saturated carbocycles. The minimum absolute atomic E-state index is 0.0420. The van der Waals surface area contributed by atoms with Crippen molar-refractivity contribution >= 4 is 17.7 Å². The predicted octanol–water partition coefficient (Wildman–Crippen LogP) is 4.56. The second kappa shape index (κ2) is 10.9. The summed E-state index contributed by atoms with van der Waals surface area (Å²) >= 11 is 1.74. The Bertz CT molecular complexity index is 844. The first-order valence-corrected chi connectivity index (χ1v) is 11.5. The van der Waals surface area contributed by atoms with E-state index in [1.165, 1.54) is 28.8 Å². The Balaban J connectivity index is 1.71. The Morgan fingerprint density at radius 3 is 2.73 bits per heavy atom. The molecule has 0 aromatic heterocycles. The molecular formula is C24H31FN2O2S. The van der Waals surface area contributed by atoms with Gasteiger partial charge in [-0.1, -0.05) is 35.9 Å². The number of hydrogen-bond acceptors (Lipinski definition) is 4. The third-order valence-electron chi connectivity index (χ3n) is 5.45. The number of nitrogens with zero attached hydrogens (tertiary/aromatic N) is 2. The molecule has 0 bridgehead atoms. The summed E-state index contributed by atoms with van der Waals surface area (Å²) in [6, 6.07) is 13.0. The van der Waals surface area contributed by atoms with Gasteiger partial charge in [-0.2, -0.15) is 0 Å². The highest BCUT2D eigenvalue weighted by Gasteiger charge is 2.31. The second-order valence-electron chi connectivity index (χ2n) is 7.85. The largest absolute Gasteiger partial charge is 0.385 e. The van der Waals surface area contributed by atoms with Crippen LogP contribution in [0.15, 0.2) is 42.5 Å². The van der Waals surface area contributed by atoms with Gasteiger partial charge in [0.05, 0.1) is 6.54 Å². The van der Waals surface area contributed by atoms with Crippen LogP contribution in [0.3, 0.4) is 0 Å². The molecule has 1 fully saturated rings. The van der Waals surface area contributed by atoms with Gasteiger partial charge in [-0.15, -0.1) is 11.8 Å². The van der Waals surface area contributed by atoms with Gasteiger partial charge in [-0.3, -0.25) is 9.69 Å². The normalized spacial score (nSPS) is 16.4. The molecule has 2 aromatic rings.